The van der Waals surface area contributed by atoms with Crippen LogP contribution in [0.15, 0.2) is 68.8 Å². The second-order valence-electron chi connectivity index (χ2n) is 7.72. The summed E-state index contributed by atoms with van der Waals surface area (Å²) in [6, 6.07) is 12.0. The number of hydrogen-bond acceptors (Lipinski definition) is 8. The smallest absolute Gasteiger partial charge is 0.322 e. The third kappa shape index (κ3) is 5.32. The molecule has 13 heteroatoms. The molecule has 0 radical (unpaired) electrons. The van der Waals surface area contributed by atoms with Crippen LogP contribution in [0.5, 0.6) is 0 Å². The van der Waals surface area contributed by atoms with E-state index < -0.39 is 43.3 Å². The summed E-state index contributed by atoms with van der Waals surface area (Å²) in [5.74, 6) is -2.49. The van der Waals surface area contributed by atoms with Gasteiger partial charge in [-0.1, -0.05) is 23.3 Å². The number of carbonyl (C=O) groups is 1. The van der Waals surface area contributed by atoms with Crippen LogP contribution in [0.2, 0.25) is 0 Å². The lowest BCUT2D eigenvalue weighted by molar-refractivity contribution is -0.121. The minimum Gasteiger partial charge on any atom is -0.407 e. The molecule has 2 heterocycles. The number of sulfone groups is 1. The summed E-state index contributed by atoms with van der Waals surface area (Å²) >= 11 is 0. The molecule has 1 unspecified atom stereocenters. The van der Waals surface area contributed by atoms with Crippen LogP contribution in [0, 0.1) is 11.7 Å². The Morgan fingerprint density at radius 2 is 1.74 bits per heavy atom. The van der Waals surface area contributed by atoms with Gasteiger partial charge in [-0.25, -0.2) is 21.2 Å². The van der Waals surface area contributed by atoms with Gasteiger partial charge in [0.2, 0.25) is 21.8 Å². The van der Waals surface area contributed by atoms with Gasteiger partial charge >= 0.3 is 6.01 Å². The number of sulfonamides is 1. The molecule has 180 valence electrons. The number of benzene rings is 2. The molecule has 1 amide bonds. The van der Waals surface area contributed by atoms with Gasteiger partial charge in [-0.05, 0) is 49.2 Å². The van der Waals surface area contributed by atoms with Gasteiger partial charge in [0.05, 0.1) is 15.7 Å². The van der Waals surface area contributed by atoms with E-state index in [4.69, 9.17) is 4.42 Å². The lowest BCUT2D eigenvalue weighted by Gasteiger charge is -2.30. The molecule has 1 aromatic heterocycles. The Labute approximate surface area is 195 Å². The molecule has 4 rings (SSSR count). The number of nitrogens with one attached hydrogen (secondary N) is 1. The fraction of sp³-hybridized carbons (Fsp3) is 0.286. The normalized spacial score (nSPS) is 17.4. The van der Waals surface area contributed by atoms with E-state index >= 15 is 0 Å². The molecule has 0 spiro atoms. The molecule has 1 saturated heterocycles. The number of aromatic nitrogens is 2. The van der Waals surface area contributed by atoms with Gasteiger partial charge in [0.1, 0.15) is 11.6 Å². The summed E-state index contributed by atoms with van der Waals surface area (Å²) in [6.07, 6.45) is 0.883. The minimum absolute atomic E-state index is 0.0591. The van der Waals surface area contributed by atoms with Crippen LogP contribution in [0.4, 0.5) is 10.4 Å². The topological polar surface area (TPSA) is 140 Å². The average Bonchev–Trinajstić information content (AvgIpc) is 3.26. The quantitative estimate of drug-likeness (QED) is 0.512. The zero-order valence-corrected chi connectivity index (χ0v) is 19.4. The molecule has 0 bridgehead atoms. The first-order chi connectivity index (χ1) is 16.1. The van der Waals surface area contributed by atoms with Crippen LogP contribution in [0.1, 0.15) is 18.7 Å². The molecular weight excluding hydrogens is 487 g/mol. The summed E-state index contributed by atoms with van der Waals surface area (Å²) in [4.78, 5) is 12.8. The molecular formula is C21H21FN4O6S2. The van der Waals surface area contributed by atoms with Crippen molar-refractivity contribution in [2.75, 3.05) is 18.4 Å². The first kappa shape index (κ1) is 24.0. The molecule has 2 aromatic carbocycles. The van der Waals surface area contributed by atoms with Crippen LogP contribution >= 0.6 is 0 Å². The van der Waals surface area contributed by atoms with E-state index in [2.05, 4.69) is 15.5 Å². The van der Waals surface area contributed by atoms with Crippen molar-refractivity contribution in [3.8, 4) is 0 Å². The molecule has 1 atom stereocenters. The van der Waals surface area contributed by atoms with Crippen molar-refractivity contribution < 1.29 is 30.4 Å². The standard InChI is InChI=1S/C21H21FN4O6S2/c22-16-8-10-18(11-9-16)34(30,31)26-12-4-5-15(13-26)20(27)23-21-25-24-19(32-21)14-33(28,29)17-6-2-1-3-7-17/h1-3,6-11,15H,4-5,12-14H2,(H,23,25,27). The number of hydrogen-bond donors (Lipinski definition) is 1. The van der Waals surface area contributed by atoms with Gasteiger partial charge in [-0.15, -0.1) is 5.10 Å². The van der Waals surface area contributed by atoms with Crippen molar-refractivity contribution in [2.45, 2.75) is 28.4 Å². The van der Waals surface area contributed by atoms with Crippen LogP contribution in [-0.2, 0) is 30.4 Å². The zero-order valence-electron chi connectivity index (χ0n) is 17.8. The number of carbonyl (C=O) groups excluding carboxylic acids is 1. The average molecular weight is 509 g/mol. The molecule has 1 aliphatic heterocycles. The number of rotatable bonds is 7. The van der Waals surface area contributed by atoms with Crippen LogP contribution in [0.25, 0.3) is 0 Å². The van der Waals surface area contributed by atoms with E-state index in [1.54, 1.807) is 18.2 Å². The largest absolute Gasteiger partial charge is 0.407 e. The number of halogens is 1. The van der Waals surface area contributed by atoms with Crippen molar-refractivity contribution in [3.63, 3.8) is 0 Å². The van der Waals surface area contributed by atoms with Crippen molar-refractivity contribution in [3.05, 3.63) is 66.3 Å². The summed E-state index contributed by atoms with van der Waals surface area (Å²) in [5, 5.41) is 9.78. The highest BCUT2D eigenvalue weighted by Gasteiger charge is 2.34. The molecule has 0 saturated carbocycles. The minimum atomic E-state index is -3.89. The van der Waals surface area contributed by atoms with Crippen LogP contribution in [0.3, 0.4) is 0 Å². The number of amides is 1. The molecule has 0 aliphatic carbocycles. The highest BCUT2D eigenvalue weighted by atomic mass is 32.2. The summed E-state index contributed by atoms with van der Waals surface area (Å²) in [6.45, 7) is 0.153. The number of piperidine rings is 1. The molecule has 3 aromatic rings. The van der Waals surface area contributed by atoms with Gasteiger partial charge in [0.25, 0.3) is 0 Å². The number of anilines is 1. The van der Waals surface area contributed by atoms with E-state index in [0.717, 1.165) is 12.1 Å². The SMILES string of the molecule is O=C(Nc1nnc(CS(=O)(=O)c2ccccc2)o1)C1CCCN(S(=O)(=O)c2ccc(F)cc2)C1. The lowest BCUT2D eigenvalue weighted by Crippen LogP contribution is -2.43. The predicted molar refractivity (Wildman–Crippen MR) is 118 cm³/mol. The van der Waals surface area contributed by atoms with E-state index in [0.29, 0.717) is 12.8 Å². The highest BCUT2D eigenvalue weighted by Crippen LogP contribution is 2.25. The van der Waals surface area contributed by atoms with Crippen LogP contribution < -0.4 is 5.32 Å². The Bertz CT molecular complexity index is 1380. The van der Waals surface area contributed by atoms with Gasteiger partial charge in [0, 0.05) is 13.1 Å². The molecule has 1 fully saturated rings. The van der Waals surface area contributed by atoms with Crippen molar-refractivity contribution in [1.82, 2.24) is 14.5 Å². The van der Waals surface area contributed by atoms with E-state index in [9.17, 15) is 26.0 Å². The van der Waals surface area contributed by atoms with Crippen LogP contribution in [-0.4, -0.2) is 50.3 Å². The first-order valence-electron chi connectivity index (χ1n) is 10.3. The van der Waals surface area contributed by atoms with Crippen molar-refractivity contribution in [2.24, 2.45) is 5.92 Å². The first-order valence-corrected chi connectivity index (χ1v) is 13.4. The summed E-state index contributed by atoms with van der Waals surface area (Å²) in [7, 11) is -7.60. The predicted octanol–water partition coefficient (Wildman–Crippen LogP) is 2.22. The Morgan fingerprint density at radius 3 is 2.44 bits per heavy atom. The maximum atomic E-state index is 13.2. The maximum absolute atomic E-state index is 13.2. The second kappa shape index (κ2) is 9.60. The molecule has 34 heavy (non-hydrogen) atoms. The Hall–Kier alpha value is -3.16. The van der Waals surface area contributed by atoms with E-state index in [1.807, 2.05) is 0 Å². The number of nitrogens with zero attached hydrogens (tertiary/aromatic N) is 3. The maximum Gasteiger partial charge on any atom is 0.322 e. The van der Waals surface area contributed by atoms with E-state index in [1.165, 1.54) is 28.6 Å². The van der Waals surface area contributed by atoms with Gasteiger partial charge in [-0.2, -0.15) is 4.31 Å². The van der Waals surface area contributed by atoms with Gasteiger partial charge in [0.15, 0.2) is 9.84 Å². The molecule has 10 nitrogen and oxygen atoms in total. The Morgan fingerprint density at radius 1 is 1.03 bits per heavy atom. The van der Waals surface area contributed by atoms with E-state index in [-0.39, 0.29) is 34.8 Å². The van der Waals surface area contributed by atoms with Gasteiger partial charge in [-0.3, -0.25) is 10.1 Å². The fourth-order valence-corrected chi connectivity index (χ4v) is 6.28. The van der Waals surface area contributed by atoms with Crippen molar-refractivity contribution in [1.29, 1.82) is 0 Å². The van der Waals surface area contributed by atoms with Gasteiger partial charge < -0.3 is 4.42 Å². The summed E-state index contributed by atoms with van der Waals surface area (Å²) in [5.41, 5.74) is 0. The monoisotopic (exact) mass is 508 g/mol. The Balaban J connectivity index is 1.40. The molecule has 1 aliphatic rings. The summed E-state index contributed by atoms with van der Waals surface area (Å²) < 4.78 is 70.2. The van der Waals surface area contributed by atoms with Crippen molar-refractivity contribution >= 4 is 31.8 Å². The third-order valence-electron chi connectivity index (χ3n) is 5.32. The molecule has 1 N–H and O–H groups in total. The Kier molecular flexibility index (Phi) is 6.77. The fourth-order valence-electron chi connectivity index (χ4n) is 3.57. The highest BCUT2D eigenvalue weighted by molar-refractivity contribution is 7.90. The zero-order chi connectivity index (χ0) is 24.3. The second-order valence-corrected chi connectivity index (χ2v) is 11.6. The lowest BCUT2D eigenvalue weighted by atomic mass is 9.99. The third-order valence-corrected chi connectivity index (χ3v) is 8.82.